The third-order valence-electron chi connectivity index (χ3n) is 3.59. The summed E-state index contributed by atoms with van der Waals surface area (Å²) >= 11 is 0. The number of benzene rings is 1. The maximum absolute atomic E-state index is 12.2. The van der Waals surface area contributed by atoms with Crippen LogP contribution in [-0.2, 0) is 0 Å². The molecule has 1 fully saturated rings. The summed E-state index contributed by atoms with van der Waals surface area (Å²) in [5.74, 6) is 0.380. The van der Waals surface area contributed by atoms with Gasteiger partial charge in [0.25, 0.3) is 0 Å². The smallest absolute Gasteiger partial charge is 0.321 e. The molecule has 5 nitrogen and oxygen atoms in total. The van der Waals surface area contributed by atoms with Crippen LogP contribution in [0.2, 0.25) is 0 Å². The monoisotopic (exact) mass is 273 g/mol. The van der Waals surface area contributed by atoms with Gasteiger partial charge in [0, 0.05) is 25.4 Å². The molecule has 1 heterocycles. The van der Waals surface area contributed by atoms with Crippen molar-refractivity contribution in [2.45, 2.75) is 19.3 Å². The van der Waals surface area contributed by atoms with Crippen LogP contribution in [0.3, 0.4) is 0 Å². The van der Waals surface area contributed by atoms with Gasteiger partial charge in [-0.1, -0.05) is 6.07 Å². The summed E-state index contributed by atoms with van der Waals surface area (Å²) in [7, 11) is 0. The van der Waals surface area contributed by atoms with Gasteiger partial charge in [-0.3, -0.25) is 0 Å². The minimum Gasteiger partial charge on any atom is -0.396 e. The van der Waals surface area contributed by atoms with Gasteiger partial charge in [0.05, 0.1) is 11.6 Å². The number of amides is 2. The van der Waals surface area contributed by atoms with E-state index < -0.39 is 0 Å². The lowest BCUT2D eigenvalue weighted by molar-refractivity contribution is 0.159. The molecule has 0 bridgehead atoms. The Kier molecular flexibility index (Phi) is 4.97. The number of hydrogen-bond donors (Lipinski definition) is 2. The number of aliphatic hydroxyl groups is 1. The minimum absolute atomic E-state index is 0.136. The highest BCUT2D eigenvalue weighted by atomic mass is 16.3. The quantitative estimate of drug-likeness (QED) is 0.886. The van der Waals surface area contributed by atoms with Crippen molar-refractivity contribution in [3.05, 3.63) is 29.8 Å². The first-order valence-electron chi connectivity index (χ1n) is 6.90. The molecule has 5 heteroatoms. The number of carbonyl (C=O) groups excluding carboxylic acids is 1. The number of rotatable bonds is 3. The molecule has 0 saturated carbocycles. The summed E-state index contributed by atoms with van der Waals surface area (Å²) in [6.45, 7) is 1.60. The Morgan fingerprint density at radius 3 is 3.15 bits per heavy atom. The van der Waals surface area contributed by atoms with Gasteiger partial charge in [-0.05, 0) is 43.4 Å². The molecule has 1 aliphatic rings. The Bertz CT molecular complexity index is 508. The lowest BCUT2D eigenvalue weighted by Gasteiger charge is -2.32. The van der Waals surface area contributed by atoms with E-state index in [0.29, 0.717) is 23.7 Å². The largest absolute Gasteiger partial charge is 0.396 e. The van der Waals surface area contributed by atoms with Crippen molar-refractivity contribution in [2.24, 2.45) is 5.92 Å². The Morgan fingerprint density at radius 2 is 2.40 bits per heavy atom. The van der Waals surface area contributed by atoms with Crippen LogP contribution >= 0.6 is 0 Å². The van der Waals surface area contributed by atoms with Gasteiger partial charge < -0.3 is 15.3 Å². The zero-order valence-electron chi connectivity index (χ0n) is 11.4. The van der Waals surface area contributed by atoms with Crippen LogP contribution in [0, 0.1) is 17.2 Å². The fourth-order valence-corrected chi connectivity index (χ4v) is 2.54. The van der Waals surface area contributed by atoms with Gasteiger partial charge in [-0.2, -0.15) is 5.26 Å². The Balaban J connectivity index is 1.95. The number of urea groups is 1. The van der Waals surface area contributed by atoms with Crippen molar-refractivity contribution in [3.8, 4) is 6.07 Å². The van der Waals surface area contributed by atoms with Crippen molar-refractivity contribution in [1.82, 2.24) is 4.90 Å². The molecule has 0 aliphatic carbocycles. The molecule has 1 aliphatic heterocycles. The fourth-order valence-electron chi connectivity index (χ4n) is 2.54. The molecule has 0 radical (unpaired) electrons. The number of piperidine rings is 1. The first kappa shape index (κ1) is 14.4. The van der Waals surface area contributed by atoms with Crippen molar-refractivity contribution in [1.29, 1.82) is 5.26 Å². The number of aliphatic hydroxyl groups excluding tert-OH is 1. The van der Waals surface area contributed by atoms with Gasteiger partial charge in [-0.25, -0.2) is 4.79 Å². The molecule has 2 amide bonds. The lowest BCUT2D eigenvalue weighted by atomic mass is 9.95. The lowest BCUT2D eigenvalue weighted by Crippen LogP contribution is -2.42. The number of anilines is 1. The summed E-state index contributed by atoms with van der Waals surface area (Å²) < 4.78 is 0. The number of nitrogens with zero attached hydrogens (tertiary/aromatic N) is 2. The molecule has 106 valence electrons. The number of likely N-dealkylation sites (tertiary alicyclic amines) is 1. The van der Waals surface area contributed by atoms with Crippen molar-refractivity contribution in [3.63, 3.8) is 0 Å². The van der Waals surface area contributed by atoms with Gasteiger partial charge in [-0.15, -0.1) is 0 Å². The number of nitrogens with one attached hydrogen (secondary N) is 1. The number of nitriles is 1. The SMILES string of the molecule is N#Cc1cccc(NC(=O)N2CCCC(CCO)C2)c1. The minimum atomic E-state index is -0.136. The molecule has 1 aromatic rings. The molecule has 0 spiro atoms. The molecule has 1 unspecified atom stereocenters. The van der Waals surface area contributed by atoms with Gasteiger partial charge in [0.2, 0.25) is 0 Å². The molecule has 1 saturated heterocycles. The second-order valence-corrected chi connectivity index (χ2v) is 5.09. The molecule has 20 heavy (non-hydrogen) atoms. The van der Waals surface area contributed by atoms with Crippen LogP contribution in [0.1, 0.15) is 24.8 Å². The van der Waals surface area contributed by atoms with E-state index in [9.17, 15) is 4.79 Å². The first-order chi connectivity index (χ1) is 9.72. The average Bonchev–Trinajstić information content (AvgIpc) is 2.48. The molecular formula is C15H19N3O2. The van der Waals surface area contributed by atoms with E-state index in [1.165, 1.54) is 0 Å². The second-order valence-electron chi connectivity index (χ2n) is 5.09. The van der Waals surface area contributed by atoms with Crippen LogP contribution < -0.4 is 5.32 Å². The second kappa shape index (κ2) is 6.92. The predicted molar refractivity (Wildman–Crippen MR) is 76.2 cm³/mol. The Labute approximate surface area is 118 Å². The third-order valence-corrected chi connectivity index (χ3v) is 3.59. The third kappa shape index (κ3) is 3.72. The van der Waals surface area contributed by atoms with Crippen LogP contribution in [-0.4, -0.2) is 35.7 Å². The van der Waals surface area contributed by atoms with E-state index in [1.54, 1.807) is 29.2 Å². The van der Waals surface area contributed by atoms with Crippen molar-refractivity contribution in [2.75, 3.05) is 25.0 Å². The highest BCUT2D eigenvalue weighted by Crippen LogP contribution is 2.20. The Morgan fingerprint density at radius 1 is 1.55 bits per heavy atom. The normalized spacial score (nSPS) is 18.4. The average molecular weight is 273 g/mol. The van der Waals surface area contributed by atoms with Crippen LogP contribution in [0.5, 0.6) is 0 Å². The molecule has 1 aromatic carbocycles. The van der Waals surface area contributed by atoms with E-state index in [0.717, 1.165) is 25.8 Å². The highest BCUT2D eigenvalue weighted by molar-refractivity contribution is 5.89. The molecule has 1 atom stereocenters. The molecule has 0 aromatic heterocycles. The maximum atomic E-state index is 12.2. The van der Waals surface area contributed by atoms with Crippen molar-refractivity contribution < 1.29 is 9.90 Å². The summed E-state index contributed by atoms with van der Waals surface area (Å²) in [6, 6.07) is 8.80. The van der Waals surface area contributed by atoms with E-state index in [2.05, 4.69) is 11.4 Å². The van der Waals surface area contributed by atoms with Gasteiger partial charge in [0.15, 0.2) is 0 Å². The summed E-state index contributed by atoms with van der Waals surface area (Å²) in [6.07, 6.45) is 2.78. The molecule has 2 N–H and O–H groups in total. The van der Waals surface area contributed by atoms with Crippen molar-refractivity contribution >= 4 is 11.7 Å². The van der Waals surface area contributed by atoms with Gasteiger partial charge >= 0.3 is 6.03 Å². The summed E-state index contributed by atoms with van der Waals surface area (Å²) in [5, 5.41) is 20.7. The zero-order valence-corrected chi connectivity index (χ0v) is 11.4. The fraction of sp³-hybridized carbons (Fsp3) is 0.467. The van der Waals surface area contributed by atoms with Crippen LogP contribution in [0.4, 0.5) is 10.5 Å². The predicted octanol–water partition coefficient (Wildman–Crippen LogP) is 2.18. The molecule has 2 rings (SSSR count). The van der Waals surface area contributed by atoms with E-state index in [-0.39, 0.29) is 12.6 Å². The number of hydrogen-bond acceptors (Lipinski definition) is 3. The Hall–Kier alpha value is -2.06. The van der Waals surface area contributed by atoms with E-state index >= 15 is 0 Å². The summed E-state index contributed by atoms with van der Waals surface area (Å²) in [4.78, 5) is 14.0. The summed E-state index contributed by atoms with van der Waals surface area (Å²) in [5.41, 5.74) is 1.16. The maximum Gasteiger partial charge on any atom is 0.321 e. The van der Waals surface area contributed by atoms with E-state index in [4.69, 9.17) is 10.4 Å². The topological polar surface area (TPSA) is 76.4 Å². The first-order valence-corrected chi connectivity index (χ1v) is 6.90. The molecular weight excluding hydrogens is 254 g/mol. The van der Waals surface area contributed by atoms with Gasteiger partial charge in [0.1, 0.15) is 0 Å². The van der Waals surface area contributed by atoms with E-state index in [1.807, 2.05) is 0 Å². The van der Waals surface area contributed by atoms with Crippen LogP contribution in [0.25, 0.3) is 0 Å². The van der Waals surface area contributed by atoms with Crippen LogP contribution in [0.15, 0.2) is 24.3 Å². The zero-order chi connectivity index (χ0) is 14.4. The number of carbonyl (C=O) groups is 1. The standard InChI is InChI=1S/C15H19N3O2/c16-10-13-3-1-5-14(9-13)17-15(20)18-7-2-4-12(11-18)6-8-19/h1,3,5,9,12,19H,2,4,6-8,11H2,(H,17,20). The highest BCUT2D eigenvalue weighted by Gasteiger charge is 2.23.